The first-order valence-electron chi connectivity index (χ1n) is 7.27. The third kappa shape index (κ3) is 2.17. The molecule has 5 heteroatoms. The molecule has 1 atom stereocenters. The maximum absolute atomic E-state index is 12.8. The number of benzene rings is 1. The van der Waals surface area contributed by atoms with Gasteiger partial charge in [0, 0.05) is 26.2 Å². The van der Waals surface area contributed by atoms with E-state index in [0.29, 0.717) is 26.2 Å². The molecule has 21 heavy (non-hydrogen) atoms. The molecule has 2 amide bonds. The summed E-state index contributed by atoms with van der Waals surface area (Å²) < 4.78 is 4.72. The number of rotatable bonds is 1. The van der Waals surface area contributed by atoms with Gasteiger partial charge in [0.1, 0.15) is 0 Å². The second-order valence-electron chi connectivity index (χ2n) is 5.92. The second-order valence-corrected chi connectivity index (χ2v) is 5.92. The molecule has 0 aromatic heterocycles. The van der Waals surface area contributed by atoms with E-state index in [9.17, 15) is 9.59 Å². The Labute approximate surface area is 124 Å². The summed E-state index contributed by atoms with van der Waals surface area (Å²) in [6.07, 6.45) is 0.487. The molecule has 3 rings (SSSR count). The van der Waals surface area contributed by atoms with Crippen molar-refractivity contribution < 1.29 is 14.3 Å². The van der Waals surface area contributed by atoms with Crippen molar-refractivity contribution in [2.24, 2.45) is 0 Å². The van der Waals surface area contributed by atoms with Crippen molar-refractivity contribution in [2.45, 2.75) is 18.8 Å². The highest BCUT2D eigenvalue weighted by molar-refractivity contribution is 5.91. The number of ether oxygens (including phenoxy) is 1. The van der Waals surface area contributed by atoms with Crippen LogP contribution < -0.4 is 0 Å². The van der Waals surface area contributed by atoms with Crippen LogP contribution in [0.4, 0.5) is 4.79 Å². The second kappa shape index (κ2) is 5.06. The molecule has 0 bridgehead atoms. The highest BCUT2D eigenvalue weighted by atomic mass is 16.5. The van der Waals surface area contributed by atoms with Crippen molar-refractivity contribution in [2.75, 3.05) is 33.3 Å². The number of hydrogen-bond donors (Lipinski definition) is 0. The van der Waals surface area contributed by atoms with Crippen molar-refractivity contribution in [1.82, 2.24) is 9.80 Å². The van der Waals surface area contributed by atoms with Crippen molar-refractivity contribution >= 4 is 12.0 Å². The Balaban J connectivity index is 1.67. The standard InChI is InChI=1S/C16H20N2O3/c1-16(11-12-5-3-4-6-13(12)16)14(19)17-7-9-18(10-8-17)15(20)21-2/h3-6H,7-11H2,1-2H3. The lowest BCUT2D eigenvalue weighted by atomic mass is 9.64. The number of amides is 2. The summed E-state index contributed by atoms with van der Waals surface area (Å²) in [5.41, 5.74) is 2.01. The van der Waals surface area contributed by atoms with Crippen LogP contribution >= 0.6 is 0 Å². The van der Waals surface area contributed by atoms with Gasteiger partial charge in [-0.25, -0.2) is 4.79 Å². The van der Waals surface area contributed by atoms with Gasteiger partial charge in [-0.15, -0.1) is 0 Å². The van der Waals surface area contributed by atoms with Crippen molar-refractivity contribution in [3.63, 3.8) is 0 Å². The van der Waals surface area contributed by atoms with Gasteiger partial charge in [-0.2, -0.15) is 0 Å². The van der Waals surface area contributed by atoms with E-state index in [1.54, 1.807) is 4.90 Å². The normalized spacial score (nSPS) is 24.1. The van der Waals surface area contributed by atoms with Crippen LogP contribution in [-0.2, 0) is 21.4 Å². The lowest BCUT2D eigenvalue weighted by Gasteiger charge is -2.44. The Bertz CT molecular complexity index is 579. The summed E-state index contributed by atoms with van der Waals surface area (Å²) in [7, 11) is 1.38. The molecule has 1 unspecified atom stereocenters. The smallest absolute Gasteiger partial charge is 0.409 e. The monoisotopic (exact) mass is 288 g/mol. The third-order valence-corrected chi connectivity index (χ3v) is 4.63. The van der Waals surface area contributed by atoms with E-state index in [1.165, 1.54) is 12.7 Å². The molecule has 2 aliphatic rings. The topological polar surface area (TPSA) is 49.9 Å². The average Bonchev–Trinajstić information content (AvgIpc) is 2.52. The zero-order valence-corrected chi connectivity index (χ0v) is 12.5. The Morgan fingerprint density at radius 1 is 1.10 bits per heavy atom. The molecule has 1 aromatic rings. The first kappa shape index (κ1) is 13.9. The van der Waals surface area contributed by atoms with Gasteiger partial charge >= 0.3 is 6.09 Å². The Hall–Kier alpha value is -2.04. The van der Waals surface area contributed by atoms with Crippen LogP contribution in [0.3, 0.4) is 0 Å². The molecule has 1 aliphatic carbocycles. The molecule has 1 aliphatic heterocycles. The van der Waals surface area contributed by atoms with Crippen LogP contribution in [0, 0.1) is 0 Å². The van der Waals surface area contributed by atoms with E-state index in [4.69, 9.17) is 4.74 Å². The molecule has 112 valence electrons. The summed E-state index contributed by atoms with van der Waals surface area (Å²) in [4.78, 5) is 27.8. The molecule has 5 nitrogen and oxygen atoms in total. The van der Waals surface area contributed by atoms with Crippen LogP contribution in [0.5, 0.6) is 0 Å². The van der Waals surface area contributed by atoms with Crippen molar-refractivity contribution in [3.8, 4) is 0 Å². The average molecular weight is 288 g/mol. The number of carbonyl (C=O) groups excluding carboxylic acids is 2. The zero-order chi connectivity index (χ0) is 15.0. The summed E-state index contributed by atoms with van der Waals surface area (Å²) in [6.45, 7) is 4.24. The number of fused-ring (bicyclic) bond motifs is 1. The SMILES string of the molecule is COC(=O)N1CCN(C(=O)C2(C)Cc3ccccc32)CC1. The first-order chi connectivity index (χ1) is 10.1. The quantitative estimate of drug-likeness (QED) is 0.785. The lowest BCUT2D eigenvalue weighted by Crippen LogP contribution is -2.57. The minimum Gasteiger partial charge on any atom is -0.453 e. The fraction of sp³-hybridized carbons (Fsp3) is 0.500. The van der Waals surface area contributed by atoms with Crippen molar-refractivity contribution in [1.29, 1.82) is 0 Å². The minimum atomic E-state index is -0.399. The minimum absolute atomic E-state index is 0.172. The number of carbonyl (C=O) groups is 2. The zero-order valence-electron chi connectivity index (χ0n) is 12.5. The maximum Gasteiger partial charge on any atom is 0.409 e. The molecule has 0 radical (unpaired) electrons. The molecule has 0 N–H and O–H groups in total. The van der Waals surface area contributed by atoms with Gasteiger partial charge in [0.2, 0.25) is 5.91 Å². The van der Waals surface area contributed by atoms with Gasteiger partial charge in [-0.1, -0.05) is 24.3 Å². The van der Waals surface area contributed by atoms with Crippen LogP contribution in [0.25, 0.3) is 0 Å². The highest BCUT2D eigenvalue weighted by Crippen LogP contribution is 2.42. The molecule has 0 saturated carbocycles. The van der Waals surface area contributed by atoms with E-state index in [0.717, 1.165) is 12.0 Å². The van der Waals surface area contributed by atoms with Crippen LogP contribution in [0.2, 0.25) is 0 Å². The van der Waals surface area contributed by atoms with Gasteiger partial charge < -0.3 is 14.5 Å². The van der Waals surface area contributed by atoms with Crippen LogP contribution in [-0.4, -0.2) is 55.1 Å². The van der Waals surface area contributed by atoms with Gasteiger partial charge in [-0.3, -0.25) is 4.79 Å². The van der Waals surface area contributed by atoms with E-state index in [1.807, 2.05) is 30.0 Å². The predicted molar refractivity (Wildman–Crippen MR) is 78.1 cm³/mol. The fourth-order valence-corrected chi connectivity index (χ4v) is 3.34. The summed E-state index contributed by atoms with van der Waals surface area (Å²) in [5.74, 6) is 0.172. The number of piperazine rings is 1. The molecule has 0 spiro atoms. The van der Waals surface area contributed by atoms with Gasteiger partial charge in [0.15, 0.2) is 0 Å². The third-order valence-electron chi connectivity index (χ3n) is 4.63. The van der Waals surface area contributed by atoms with E-state index in [-0.39, 0.29) is 12.0 Å². The molecular weight excluding hydrogens is 268 g/mol. The highest BCUT2D eigenvalue weighted by Gasteiger charge is 2.47. The fourth-order valence-electron chi connectivity index (χ4n) is 3.34. The van der Waals surface area contributed by atoms with E-state index >= 15 is 0 Å². The lowest BCUT2D eigenvalue weighted by molar-refractivity contribution is -0.139. The largest absolute Gasteiger partial charge is 0.453 e. The molecule has 1 aromatic carbocycles. The maximum atomic E-state index is 12.8. The summed E-state index contributed by atoms with van der Waals surface area (Å²) in [5, 5.41) is 0. The van der Waals surface area contributed by atoms with Crippen LogP contribution in [0.15, 0.2) is 24.3 Å². The van der Waals surface area contributed by atoms with E-state index < -0.39 is 5.41 Å². The molecule has 1 heterocycles. The van der Waals surface area contributed by atoms with Crippen LogP contribution in [0.1, 0.15) is 18.1 Å². The number of methoxy groups -OCH3 is 1. The summed E-state index contributed by atoms with van der Waals surface area (Å²) >= 11 is 0. The Morgan fingerprint density at radius 3 is 2.33 bits per heavy atom. The first-order valence-corrected chi connectivity index (χ1v) is 7.27. The van der Waals surface area contributed by atoms with E-state index in [2.05, 4.69) is 6.07 Å². The molecule has 1 saturated heterocycles. The number of nitrogens with zero attached hydrogens (tertiary/aromatic N) is 2. The Kier molecular flexibility index (Phi) is 3.35. The van der Waals surface area contributed by atoms with Gasteiger partial charge in [0.25, 0.3) is 0 Å². The van der Waals surface area contributed by atoms with Gasteiger partial charge in [0.05, 0.1) is 12.5 Å². The number of hydrogen-bond acceptors (Lipinski definition) is 3. The molecular formula is C16H20N2O3. The Morgan fingerprint density at radius 2 is 1.71 bits per heavy atom. The molecule has 1 fully saturated rings. The summed E-state index contributed by atoms with van der Waals surface area (Å²) in [6, 6.07) is 8.12. The van der Waals surface area contributed by atoms with Crippen molar-refractivity contribution in [3.05, 3.63) is 35.4 Å². The predicted octanol–water partition coefficient (Wildman–Crippen LogP) is 1.41. The van der Waals surface area contributed by atoms with Gasteiger partial charge in [-0.05, 0) is 24.5 Å².